The zero-order valence-corrected chi connectivity index (χ0v) is 11.2. The minimum absolute atomic E-state index is 0.0261. The molecule has 5 heteroatoms. The van der Waals surface area contributed by atoms with Gasteiger partial charge >= 0.3 is 0 Å². The summed E-state index contributed by atoms with van der Waals surface area (Å²) in [5.41, 5.74) is 8.16. The van der Waals surface area contributed by atoms with Crippen molar-refractivity contribution < 1.29 is 4.79 Å². The van der Waals surface area contributed by atoms with Crippen LogP contribution in [0, 0.1) is 13.8 Å². The third-order valence-electron chi connectivity index (χ3n) is 3.15. The molecule has 1 aromatic carbocycles. The fourth-order valence-corrected chi connectivity index (χ4v) is 1.86. The summed E-state index contributed by atoms with van der Waals surface area (Å²) in [6, 6.07) is 5.50. The van der Waals surface area contributed by atoms with Crippen LogP contribution >= 0.6 is 0 Å². The number of hydrogen-bond donors (Lipinski definition) is 2. The number of aryl methyl sites for hydroxylation is 2. The molecule has 5 nitrogen and oxygen atoms in total. The highest BCUT2D eigenvalue weighted by Crippen LogP contribution is 2.20. The fraction of sp³-hybridized carbons (Fsp3) is 0.286. The standard InChI is InChI=1S/C14H18N4O/c1-10-12(15)4-3-5-13(10)17-14(19)6-8-18-9-7-16-11(18)2/h3-5,7,9H,6,8,15H2,1-2H3,(H,17,19). The van der Waals surface area contributed by atoms with Crippen LogP contribution in [0.1, 0.15) is 17.8 Å². The van der Waals surface area contributed by atoms with E-state index in [1.165, 1.54) is 0 Å². The number of nitrogens with zero attached hydrogens (tertiary/aromatic N) is 2. The van der Waals surface area contributed by atoms with Gasteiger partial charge < -0.3 is 15.6 Å². The Kier molecular flexibility index (Phi) is 3.85. The van der Waals surface area contributed by atoms with Gasteiger partial charge in [-0.3, -0.25) is 4.79 Å². The molecule has 0 saturated heterocycles. The maximum atomic E-state index is 11.9. The molecule has 0 saturated carbocycles. The molecule has 1 heterocycles. The Bertz CT molecular complexity index is 589. The summed E-state index contributed by atoms with van der Waals surface area (Å²) in [5, 5.41) is 2.88. The van der Waals surface area contributed by atoms with Crippen molar-refractivity contribution >= 4 is 17.3 Å². The fourth-order valence-electron chi connectivity index (χ4n) is 1.86. The van der Waals surface area contributed by atoms with Gasteiger partial charge in [0.05, 0.1) is 0 Å². The van der Waals surface area contributed by atoms with Crippen molar-refractivity contribution in [2.45, 2.75) is 26.8 Å². The molecule has 19 heavy (non-hydrogen) atoms. The molecule has 2 rings (SSSR count). The first kappa shape index (κ1) is 13.1. The van der Waals surface area contributed by atoms with Crippen LogP contribution in [0.3, 0.4) is 0 Å². The van der Waals surface area contributed by atoms with Gasteiger partial charge in [0, 0.05) is 36.7 Å². The monoisotopic (exact) mass is 258 g/mol. The molecule has 1 aromatic heterocycles. The Morgan fingerprint density at radius 2 is 2.21 bits per heavy atom. The summed E-state index contributed by atoms with van der Waals surface area (Å²) in [6.45, 7) is 4.43. The smallest absolute Gasteiger partial charge is 0.226 e. The Hall–Kier alpha value is -2.30. The van der Waals surface area contributed by atoms with Crippen LogP contribution in [0.25, 0.3) is 0 Å². The Labute approximate surface area is 112 Å². The largest absolute Gasteiger partial charge is 0.398 e. The van der Waals surface area contributed by atoms with Crippen LogP contribution in [0.2, 0.25) is 0 Å². The van der Waals surface area contributed by atoms with E-state index in [-0.39, 0.29) is 5.91 Å². The summed E-state index contributed by atoms with van der Waals surface area (Å²) in [6.07, 6.45) is 4.01. The second kappa shape index (κ2) is 5.56. The number of anilines is 2. The lowest BCUT2D eigenvalue weighted by atomic mass is 10.1. The summed E-state index contributed by atoms with van der Waals surface area (Å²) >= 11 is 0. The summed E-state index contributed by atoms with van der Waals surface area (Å²) in [4.78, 5) is 16.0. The molecule has 0 spiro atoms. The lowest BCUT2D eigenvalue weighted by molar-refractivity contribution is -0.116. The van der Waals surface area contributed by atoms with Crippen LogP contribution in [0.5, 0.6) is 0 Å². The first-order valence-electron chi connectivity index (χ1n) is 6.20. The third-order valence-corrected chi connectivity index (χ3v) is 3.15. The summed E-state index contributed by atoms with van der Waals surface area (Å²) in [7, 11) is 0. The molecule has 100 valence electrons. The molecular weight excluding hydrogens is 240 g/mol. The van der Waals surface area contributed by atoms with Crippen LogP contribution < -0.4 is 11.1 Å². The third kappa shape index (κ3) is 3.13. The van der Waals surface area contributed by atoms with Gasteiger partial charge in [-0.25, -0.2) is 4.98 Å². The number of nitrogens with one attached hydrogen (secondary N) is 1. The first-order valence-corrected chi connectivity index (χ1v) is 6.20. The average molecular weight is 258 g/mol. The first-order chi connectivity index (χ1) is 9.08. The van der Waals surface area contributed by atoms with Crippen molar-refractivity contribution in [2.75, 3.05) is 11.1 Å². The van der Waals surface area contributed by atoms with Crippen LogP contribution in [-0.2, 0) is 11.3 Å². The van der Waals surface area contributed by atoms with E-state index in [2.05, 4.69) is 10.3 Å². The minimum Gasteiger partial charge on any atom is -0.398 e. The van der Waals surface area contributed by atoms with Crippen molar-refractivity contribution in [3.63, 3.8) is 0 Å². The van der Waals surface area contributed by atoms with Crippen molar-refractivity contribution in [1.29, 1.82) is 0 Å². The molecule has 0 aliphatic heterocycles. The maximum absolute atomic E-state index is 11.9. The number of hydrogen-bond acceptors (Lipinski definition) is 3. The Morgan fingerprint density at radius 3 is 2.89 bits per heavy atom. The highest BCUT2D eigenvalue weighted by Gasteiger charge is 2.07. The lowest BCUT2D eigenvalue weighted by Gasteiger charge is -2.10. The molecule has 0 aliphatic carbocycles. The van der Waals surface area contributed by atoms with Crippen LogP contribution in [0.15, 0.2) is 30.6 Å². The number of aromatic nitrogens is 2. The van der Waals surface area contributed by atoms with Crippen molar-refractivity contribution in [2.24, 2.45) is 0 Å². The molecule has 2 aromatic rings. The summed E-state index contributed by atoms with van der Waals surface area (Å²) < 4.78 is 1.95. The normalized spacial score (nSPS) is 10.4. The van der Waals surface area contributed by atoms with E-state index in [0.717, 1.165) is 17.1 Å². The predicted molar refractivity (Wildman–Crippen MR) is 75.8 cm³/mol. The number of benzene rings is 1. The molecular formula is C14H18N4O. The van der Waals surface area contributed by atoms with Crippen LogP contribution in [-0.4, -0.2) is 15.5 Å². The number of nitrogens with two attached hydrogens (primary N) is 1. The Morgan fingerprint density at radius 1 is 1.42 bits per heavy atom. The van der Waals surface area contributed by atoms with Gasteiger partial charge in [0.1, 0.15) is 5.82 Å². The zero-order chi connectivity index (χ0) is 13.8. The van der Waals surface area contributed by atoms with E-state index in [1.54, 1.807) is 6.20 Å². The van der Waals surface area contributed by atoms with Gasteiger partial charge in [-0.2, -0.15) is 0 Å². The number of amides is 1. The minimum atomic E-state index is -0.0261. The van der Waals surface area contributed by atoms with E-state index in [4.69, 9.17) is 5.73 Å². The molecule has 0 fully saturated rings. The maximum Gasteiger partial charge on any atom is 0.226 e. The molecule has 0 atom stereocenters. The number of nitrogen functional groups attached to an aromatic ring is 1. The van der Waals surface area contributed by atoms with Crippen molar-refractivity contribution in [1.82, 2.24) is 9.55 Å². The van der Waals surface area contributed by atoms with E-state index in [1.807, 2.05) is 42.8 Å². The van der Waals surface area contributed by atoms with E-state index < -0.39 is 0 Å². The summed E-state index contributed by atoms with van der Waals surface area (Å²) in [5.74, 6) is 0.884. The molecule has 1 amide bonds. The van der Waals surface area contributed by atoms with Gasteiger partial charge in [-0.15, -0.1) is 0 Å². The second-order valence-corrected chi connectivity index (χ2v) is 4.49. The van der Waals surface area contributed by atoms with Gasteiger partial charge in [-0.05, 0) is 31.5 Å². The van der Waals surface area contributed by atoms with E-state index in [0.29, 0.717) is 18.7 Å². The molecule has 3 N–H and O–H groups in total. The molecule has 0 radical (unpaired) electrons. The number of carbonyl (C=O) groups excluding carboxylic acids is 1. The SMILES string of the molecule is Cc1c(N)cccc1NC(=O)CCn1ccnc1C. The average Bonchev–Trinajstić information content (AvgIpc) is 2.78. The van der Waals surface area contributed by atoms with Gasteiger partial charge in [0.25, 0.3) is 0 Å². The quantitative estimate of drug-likeness (QED) is 0.825. The Balaban J connectivity index is 1.95. The number of rotatable bonds is 4. The zero-order valence-electron chi connectivity index (χ0n) is 11.2. The van der Waals surface area contributed by atoms with Crippen molar-refractivity contribution in [3.8, 4) is 0 Å². The predicted octanol–water partition coefficient (Wildman–Crippen LogP) is 2.11. The lowest BCUT2D eigenvalue weighted by Crippen LogP contribution is -2.15. The highest BCUT2D eigenvalue weighted by molar-refractivity contribution is 5.92. The van der Waals surface area contributed by atoms with Crippen LogP contribution in [0.4, 0.5) is 11.4 Å². The van der Waals surface area contributed by atoms with Gasteiger partial charge in [0.2, 0.25) is 5.91 Å². The van der Waals surface area contributed by atoms with Crippen molar-refractivity contribution in [3.05, 3.63) is 42.0 Å². The van der Waals surface area contributed by atoms with Gasteiger partial charge in [-0.1, -0.05) is 6.07 Å². The molecule has 0 bridgehead atoms. The highest BCUT2D eigenvalue weighted by atomic mass is 16.1. The second-order valence-electron chi connectivity index (χ2n) is 4.49. The number of carbonyl (C=O) groups is 1. The topological polar surface area (TPSA) is 72.9 Å². The molecule has 0 aliphatic rings. The molecule has 0 unspecified atom stereocenters. The van der Waals surface area contributed by atoms with E-state index >= 15 is 0 Å². The number of imidazole rings is 1. The van der Waals surface area contributed by atoms with E-state index in [9.17, 15) is 4.79 Å². The van der Waals surface area contributed by atoms with Gasteiger partial charge in [0.15, 0.2) is 0 Å².